The number of aromatic nitrogens is 2. The average Bonchev–Trinajstić information content (AvgIpc) is 2.97. The lowest BCUT2D eigenvalue weighted by atomic mass is 9.97. The number of piperidine rings is 1. The molecule has 5 nitrogen and oxygen atoms in total. The Balaban J connectivity index is 1.69. The summed E-state index contributed by atoms with van der Waals surface area (Å²) in [6, 6.07) is 13.9. The van der Waals surface area contributed by atoms with Gasteiger partial charge in [-0.1, -0.05) is 25.1 Å². The summed E-state index contributed by atoms with van der Waals surface area (Å²) in [5.74, 6) is 0.494. The van der Waals surface area contributed by atoms with E-state index in [1.807, 2.05) is 36.2 Å². The van der Waals surface area contributed by atoms with E-state index in [9.17, 15) is 9.59 Å². The molecule has 3 aromatic rings. The third kappa shape index (κ3) is 3.77. The van der Waals surface area contributed by atoms with Gasteiger partial charge in [0.1, 0.15) is 5.56 Å². The van der Waals surface area contributed by atoms with E-state index >= 15 is 0 Å². The monoisotopic (exact) mass is 445 g/mol. The molecule has 0 spiro atoms. The number of pyridine rings is 2. The van der Waals surface area contributed by atoms with Crippen molar-refractivity contribution in [3.8, 4) is 5.69 Å². The van der Waals surface area contributed by atoms with Crippen LogP contribution in [0.15, 0.2) is 64.5 Å². The first-order valence-electron chi connectivity index (χ1n) is 11.2. The topological polar surface area (TPSA) is 55.2 Å². The van der Waals surface area contributed by atoms with Gasteiger partial charge in [-0.25, -0.2) is 0 Å². The van der Waals surface area contributed by atoms with Gasteiger partial charge in [-0.3, -0.25) is 14.6 Å². The maximum Gasteiger partial charge on any atom is 0.259 e. The van der Waals surface area contributed by atoms with Crippen molar-refractivity contribution in [1.29, 1.82) is 0 Å². The van der Waals surface area contributed by atoms with E-state index in [2.05, 4.69) is 34.7 Å². The lowest BCUT2D eigenvalue weighted by Crippen LogP contribution is -2.41. The first-order chi connectivity index (χ1) is 15.5. The highest BCUT2D eigenvalue weighted by molar-refractivity contribution is 7.99. The van der Waals surface area contributed by atoms with Crippen LogP contribution in [0.4, 0.5) is 0 Å². The number of para-hydroxylation sites is 1. The van der Waals surface area contributed by atoms with Gasteiger partial charge in [-0.2, -0.15) is 0 Å². The number of hydrogen-bond donors (Lipinski definition) is 0. The highest BCUT2D eigenvalue weighted by atomic mass is 32.2. The summed E-state index contributed by atoms with van der Waals surface area (Å²) in [5, 5.41) is 0.0627. The second kappa shape index (κ2) is 8.58. The predicted octanol–water partition coefficient (Wildman–Crippen LogP) is 4.80. The Morgan fingerprint density at radius 1 is 1.12 bits per heavy atom. The summed E-state index contributed by atoms with van der Waals surface area (Å²) in [7, 11) is 0. The van der Waals surface area contributed by atoms with Crippen LogP contribution in [-0.4, -0.2) is 33.4 Å². The molecule has 32 heavy (non-hydrogen) atoms. The highest BCUT2D eigenvalue weighted by Crippen LogP contribution is 2.44. The van der Waals surface area contributed by atoms with Crippen molar-refractivity contribution in [2.24, 2.45) is 5.92 Å². The summed E-state index contributed by atoms with van der Waals surface area (Å²) in [6.45, 7) is 5.60. The maximum atomic E-state index is 13.7. The predicted molar refractivity (Wildman–Crippen MR) is 128 cm³/mol. The van der Waals surface area contributed by atoms with Gasteiger partial charge in [0.25, 0.3) is 5.91 Å². The van der Waals surface area contributed by atoms with Gasteiger partial charge in [-0.15, -0.1) is 11.8 Å². The van der Waals surface area contributed by atoms with E-state index in [4.69, 9.17) is 0 Å². The number of fused-ring (bicyclic) bond motifs is 3. The molecule has 2 aliphatic heterocycles. The van der Waals surface area contributed by atoms with Crippen LogP contribution in [-0.2, 0) is 6.42 Å². The first-order valence-corrected chi connectivity index (χ1v) is 12.1. The third-order valence-electron chi connectivity index (χ3n) is 6.59. The number of thioether (sulfide) groups is 1. The molecule has 1 atom stereocenters. The van der Waals surface area contributed by atoms with Gasteiger partial charge < -0.3 is 9.47 Å². The van der Waals surface area contributed by atoms with Crippen molar-refractivity contribution in [3.63, 3.8) is 0 Å². The number of aryl methyl sites for hydroxylation is 1. The first kappa shape index (κ1) is 21.0. The molecule has 0 aliphatic carbocycles. The summed E-state index contributed by atoms with van der Waals surface area (Å²) in [5.41, 5.74) is 3.94. The van der Waals surface area contributed by atoms with Crippen LogP contribution in [0.1, 0.15) is 52.3 Å². The maximum absolute atomic E-state index is 13.7. The van der Waals surface area contributed by atoms with Gasteiger partial charge in [-0.05, 0) is 49.4 Å². The van der Waals surface area contributed by atoms with Crippen molar-refractivity contribution >= 4 is 17.7 Å². The van der Waals surface area contributed by atoms with Crippen LogP contribution < -0.4 is 5.43 Å². The van der Waals surface area contributed by atoms with Crippen molar-refractivity contribution in [1.82, 2.24) is 14.5 Å². The Hall–Kier alpha value is -2.86. The fourth-order valence-corrected chi connectivity index (χ4v) is 6.05. The second-order valence-electron chi connectivity index (χ2n) is 8.85. The Bertz CT molecular complexity index is 1210. The molecule has 164 valence electrons. The molecule has 2 aromatic heterocycles. The van der Waals surface area contributed by atoms with Crippen LogP contribution in [0.3, 0.4) is 0 Å². The van der Waals surface area contributed by atoms with Gasteiger partial charge in [0.2, 0.25) is 0 Å². The molecule has 1 saturated heterocycles. The molecule has 0 saturated carbocycles. The number of carbonyl (C=O) groups excluding carboxylic acids is 1. The largest absolute Gasteiger partial charge is 0.338 e. The van der Waals surface area contributed by atoms with Crippen molar-refractivity contribution in [3.05, 3.63) is 87.6 Å². The number of hydrogen-bond acceptors (Lipinski definition) is 4. The summed E-state index contributed by atoms with van der Waals surface area (Å²) >= 11 is 1.77. The van der Waals surface area contributed by atoms with Crippen molar-refractivity contribution in [2.75, 3.05) is 13.1 Å². The van der Waals surface area contributed by atoms with E-state index < -0.39 is 0 Å². The average molecular weight is 446 g/mol. The van der Waals surface area contributed by atoms with Gasteiger partial charge >= 0.3 is 0 Å². The molecule has 4 heterocycles. The molecule has 0 bridgehead atoms. The van der Waals surface area contributed by atoms with Crippen LogP contribution >= 0.6 is 11.8 Å². The van der Waals surface area contributed by atoms with E-state index in [0.717, 1.165) is 40.4 Å². The fourth-order valence-electron chi connectivity index (χ4n) is 4.79. The van der Waals surface area contributed by atoms with E-state index in [1.54, 1.807) is 24.0 Å². The summed E-state index contributed by atoms with van der Waals surface area (Å²) in [4.78, 5) is 34.2. The Morgan fingerprint density at radius 3 is 2.66 bits per heavy atom. The third-order valence-corrected chi connectivity index (χ3v) is 7.92. The SMILES string of the molecule is Cc1cc(=O)c(C(=O)N2CCC(C)CC2)c2n1-c1ccccc1SC(c1cccnc1)C2. The normalized spacial score (nSPS) is 18.6. The smallest absolute Gasteiger partial charge is 0.259 e. The lowest BCUT2D eigenvalue weighted by Gasteiger charge is -2.31. The standard InChI is InChI=1S/C26H27N3O2S/c1-17-9-12-28(13-10-17)26(31)25-21-15-24(19-6-5-11-27-16-19)32-23-8-4-3-7-20(23)29(21)18(2)14-22(25)30/h3-8,11,14,16-17,24H,9-10,12-13,15H2,1-2H3. The molecule has 0 radical (unpaired) electrons. The van der Waals surface area contributed by atoms with Gasteiger partial charge in [0.05, 0.1) is 5.69 Å². The number of amides is 1. The fraction of sp³-hybridized carbons (Fsp3) is 0.346. The number of rotatable bonds is 2. The summed E-state index contributed by atoms with van der Waals surface area (Å²) in [6.07, 6.45) is 6.22. The minimum atomic E-state index is -0.174. The number of carbonyl (C=O) groups is 1. The Labute approximate surface area is 192 Å². The van der Waals surface area contributed by atoms with E-state index in [-0.39, 0.29) is 16.6 Å². The van der Waals surface area contributed by atoms with E-state index in [0.29, 0.717) is 31.0 Å². The molecular weight excluding hydrogens is 418 g/mol. The highest BCUT2D eigenvalue weighted by Gasteiger charge is 2.31. The van der Waals surface area contributed by atoms with Crippen molar-refractivity contribution < 1.29 is 4.79 Å². The number of likely N-dealkylation sites (tertiary alicyclic amines) is 1. The molecule has 6 heteroatoms. The second-order valence-corrected chi connectivity index (χ2v) is 10.1. The molecule has 1 unspecified atom stereocenters. The zero-order valence-electron chi connectivity index (χ0n) is 18.5. The molecular formula is C26H27N3O2S. The summed E-state index contributed by atoms with van der Waals surface area (Å²) < 4.78 is 2.12. The quantitative estimate of drug-likeness (QED) is 0.568. The molecule has 5 rings (SSSR count). The van der Waals surface area contributed by atoms with Crippen LogP contribution in [0.5, 0.6) is 0 Å². The molecule has 0 N–H and O–H groups in total. The zero-order chi connectivity index (χ0) is 22.2. The van der Waals surface area contributed by atoms with Crippen LogP contribution in [0, 0.1) is 12.8 Å². The molecule has 1 amide bonds. The molecule has 2 aliphatic rings. The minimum Gasteiger partial charge on any atom is -0.338 e. The van der Waals surface area contributed by atoms with Gasteiger partial charge in [0, 0.05) is 59.5 Å². The lowest BCUT2D eigenvalue weighted by molar-refractivity contribution is 0.0694. The van der Waals surface area contributed by atoms with E-state index in [1.165, 1.54) is 0 Å². The van der Waals surface area contributed by atoms with Crippen LogP contribution in [0.25, 0.3) is 5.69 Å². The van der Waals surface area contributed by atoms with Crippen LogP contribution in [0.2, 0.25) is 0 Å². The Morgan fingerprint density at radius 2 is 1.91 bits per heavy atom. The number of nitrogens with zero attached hydrogens (tertiary/aromatic N) is 3. The molecule has 1 fully saturated rings. The van der Waals surface area contributed by atoms with Crippen molar-refractivity contribution in [2.45, 2.75) is 43.3 Å². The minimum absolute atomic E-state index is 0.0627. The molecule has 1 aromatic carbocycles. The van der Waals surface area contributed by atoms with Gasteiger partial charge in [0.15, 0.2) is 5.43 Å². The Kier molecular flexibility index (Phi) is 5.64. The zero-order valence-corrected chi connectivity index (χ0v) is 19.3. The number of benzene rings is 1.